The highest BCUT2D eigenvalue weighted by Gasteiger charge is 1.98. The van der Waals surface area contributed by atoms with Crippen molar-refractivity contribution in [1.82, 2.24) is 0 Å². The maximum Gasteiger partial charge on any atom is 0.154 e. The molecule has 2 nitrogen and oxygen atoms in total. The van der Waals surface area contributed by atoms with Crippen LogP contribution in [0.1, 0.15) is 5.56 Å². The van der Waals surface area contributed by atoms with Crippen molar-refractivity contribution in [3.63, 3.8) is 0 Å². The Labute approximate surface area is 91.9 Å². The Bertz CT molecular complexity index is 396. The first-order valence-corrected chi connectivity index (χ1v) is 4.78. The average molecular weight is 249 g/mol. The van der Waals surface area contributed by atoms with Crippen LogP contribution in [0, 0.1) is 12.3 Å². The Morgan fingerprint density at radius 3 is 2.57 bits per heavy atom. The van der Waals surface area contributed by atoms with Crippen molar-refractivity contribution in [1.29, 1.82) is 0 Å². The van der Waals surface area contributed by atoms with Crippen molar-refractivity contribution >= 4 is 28.0 Å². The highest BCUT2D eigenvalue weighted by Crippen LogP contribution is 2.11. The molecule has 0 saturated heterocycles. The van der Waals surface area contributed by atoms with Crippen LogP contribution in [0.4, 0.5) is 0 Å². The lowest BCUT2D eigenvalue weighted by Gasteiger charge is -1.98. The van der Waals surface area contributed by atoms with Gasteiger partial charge in [0.1, 0.15) is 0 Å². The molecule has 0 heterocycles. The zero-order valence-electron chi connectivity index (χ0n) is 7.74. The highest BCUT2D eigenvalue weighted by molar-refractivity contribution is 9.10. The molecule has 0 aliphatic carbocycles. The lowest BCUT2D eigenvalue weighted by Crippen LogP contribution is -1.96. The number of terminal acetylenes is 1. The second kappa shape index (κ2) is 5.36. The second-order valence-corrected chi connectivity index (χ2v) is 3.39. The van der Waals surface area contributed by atoms with Gasteiger partial charge in [-0.05, 0) is 12.1 Å². The summed E-state index contributed by atoms with van der Waals surface area (Å²) in [5.41, 5.74) is 0.946. The topological polar surface area (TPSA) is 24.7 Å². The van der Waals surface area contributed by atoms with Crippen LogP contribution in [-0.2, 0) is 0 Å². The van der Waals surface area contributed by atoms with Gasteiger partial charge in [-0.15, -0.1) is 6.42 Å². The zero-order valence-corrected chi connectivity index (χ0v) is 9.32. The average Bonchev–Trinajstić information content (AvgIpc) is 2.21. The molecule has 0 unspecified atom stereocenters. The summed E-state index contributed by atoms with van der Waals surface area (Å²) in [6, 6.07) is 7.73. The third kappa shape index (κ3) is 2.82. The Hall–Kier alpha value is -1.40. The Kier molecular flexibility index (Phi) is 4.09. The first-order valence-electron chi connectivity index (χ1n) is 3.99. The van der Waals surface area contributed by atoms with Gasteiger partial charge < -0.3 is 0 Å². The number of halogens is 1. The molecule has 70 valence electrons. The maximum absolute atomic E-state index is 5.07. The number of amidine groups is 1. The normalized spacial score (nSPS) is 11.6. The van der Waals surface area contributed by atoms with E-state index in [0.717, 1.165) is 10.0 Å². The fraction of sp³-hybridized carbons (Fsp3) is 0.0909. The summed E-state index contributed by atoms with van der Waals surface area (Å²) in [5, 5.41) is 0. The first-order chi connectivity index (χ1) is 6.77. The molecule has 0 atom stereocenters. The molecule has 0 spiro atoms. The van der Waals surface area contributed by atoms with Crippen LogP contribution in [0.15, 0.2) is 38.7 Å². The second-order valence-electron chi connectivity index (χ2n) is 2.48. The van der Waals surface area contributed by atoms with Crippen molar-refractivity contribution in [2.45, 2.75) is 0 Å². The van der Waals surface area contributed by atoms with E-state index in [9.17, 15) is 0 Å². The SMILES string of the molecule is C#CC=NC(=NC)c1ccc(Br)cc1. The zero-order chi connectivity index (χ0) is 10.4. The summed E-state index contributed by atoms with van der Waals surface area (Å²) in [4.78, 5) is 8.07. The quantitative estimate of drug-likeness (QED) is 0.415. The van der Waals surface area contributed by atoms with E-state index in [1.54, 1.807) is 7.05 Å². The molecule has 0 N–H and O–H groups in total. The number of rotatable bonds is 1. The minimum Gasteiger partial charge on any atom is -0.270 e. The van der Waals surface area contributed by atoms with Gasteiger partial charge in [0.05, 0.1) is 6.21 Å². The predicted molar refractivity (Wildman–Crippen MR) is 63.9 cm³/mol. The summed E-state index contributed by atoms with van der Waals surface area (Å²) < 4.78 is 1.03. The van der Waals surface area contributed by atoms with E-state index >= 15 is 0 Å². The number of aliphatic imine (C=N–C) groups is 2. The minimum absolute atomic E-state index is 0.635. The molecular weight excluding hydrogens is 240 g/mol. The predicted octanol–water partition coefficient (Wildman–Crippen LogP) is 2.53. The van der Waals surface area contributed by atoms with Crippen LogP contribution in [0.25, 0.3) is 0 Å². The lowest BCUT2D eigenvalue weighted by atomic mass is 10.2. The molecule has 0 fully saturated rings. The summed E-state index contributed by atoms with van der Waals surface area (Å²) in [6.07, 6.45) is 6.47. The molecule has 1 rings (SSSR count). The molecule has 1 aromatic rings. The van der Waals surface area contributed by atoms with Crippen LogP contribution in [-0.4, -0.2) is 19.1 Å². The third-order valence-electron chi connectivity index (χ3n) is 1.58. The molecule has 0 aliphatic rings. The molecule has 0 aromatic heterocycles. The first kappa shape index (κ1) is 10.7. The Balaban J connectivity index is 2.98. The molecule has 14 heavy (non-hydrogen) atoms. The highest BCUT2D eigenvalue weighted by atomic mass is 79.9. The number of nitrogens with zero attached hydrogens (tertiary/aromatic N) is 2. The van der Waals surface area contributed by atoms with Crippen molar-refractivity contribution < 1.29 is 0 Å². The van der Waals surface area contributed by atoms with E-state index in [1.165, 1.54) is 6.21 Å². The van der Waals surface area contributed by atoms with Gasteiger partial charge >= 0.3 is 0 Å². The molecule has 3 heteroatoms. The largest absolute Gasteiger partial charge is 0.270 e. The van der Waals surface area contributed by atoms with E-state index in [1.807, 2.05) is 24.3 Å². The number of hydrogen-bond acceptors (Lipinski definition) is 1. The van der Waals surface area contributed by atoms with Gasteiger partial charge in [0.25, 0.3) is 0 Å². The van der Waals surface area contributed by atoms with E-state index in [0.29, 0.717) is 5.84 Å². The Morgan fingerprint density at radius 2 is 2.07 bits per heavy atom. The fourth-order valence-corrected chi connectivity index (χ4v) is 1.22. The third-order valence-corrected chi connectivity index (χ3v) is 2.10. The van der Waals surface area contributed by atoms with Gasteiger partial charge in [0.2, 0.25) is 0 Å². The molecule has 0 saturated carbocycles. The van der Waals surface area contributed by atoms with E-state index in [2.05, 4.69) is 31.8 Å². The van der Waals surface area contributed by atoms with Gasteiger partial charge in [0, 0.05) is 17.1 Å². The number of benzene rings is 1. The summed E-state index contributed by atoms with van der Waals surface area (Å²) >= 11 is 3.36. The van der Waals surface area contributed by atoms with Crippen molar-refractivity contribution in [3.05, 3.63) is 34.3 Å². The number of hydrogen-bond donors (Lipinski definition) is 0. The minimum atomic E-state index is 0.635. The molecular formula is C11H9BrN2. The summed E-state index contributed by atoms with van der Waals surface area (Å²) in [7, 11) is 1.69. The van der Waals surface area contributed by atoms with E-state index in [4.69, 9.17) is 6.42 Å². The van der Waals surface area contributed by atoms with Crippen molar-refractivity contribution in [2.75, 3.05) is 7.05 Å². The summed E-state index contributed by atoms with van der Waals surface area (Å²) in [5.74, 6) is 2.97. The fourth-order valence-electron chi connectivity index (χ4n) is 0.959. The van der Waals surface area contributed by atoms with Crippen LogP contribution in [0.3, 0.4) is 0 Å². The van der Waals surface area contributed by atoms with E-state index in [-0.39, 0.29) is 0 Å². The molecule has 0 bridgehead atoms. The van der Waals surface area contributed by atoms with Gasteiger partial charge in [-0.1, -0.05) is 34.0 Å². The molecule has 0 radical (unpaired) electrons. The van der Waals surface area contributed by atoms with Gasteiger partial charge in [-0.25, -0.2) is 4.99 Å². The summed E-state index contributed by atoms with van der Waals surface area (Å²) in [6.45, 7) is 0. The van der Waals surface area contributed by atoms with Crippen LogP contribution < -0.4 is 0 Å². The Morgan fingerprint density at radius 1 is 1.43 bits per heavy atom. The van der Waals surface area contributed by atoms with Crippen molar-refractivity contribution in [2.24, 2.45) is 9.98 Å². The van der Waals surface area contributed by atoms with Gasteiger partial charge in [0.15, 0.2) is 5.84 Å². The molecule has 0 amide bonds. The van der Waals surface area contributed by atoms with Crippen LogP contribution in [0.5, 0.6) is 0 Å². The molecule has 1 aromatic carbocycles. The monoisotopic (exact) mass is 248 g/mol. The standard InChI is InChI=1S/C11H9BrN2/c1-3-8-14-11(13-2)9-4-6-10(12)7-5-9/h1,4-8H,2H3. The van der Waals surface area contributed by atoms with E-state index < -0.39 is 0 Å². The molecule has 0 aliphatic heterocycles. The smallest absolute Gasteiger partial charge is 0.154 e. The van der Waals surface area contributed by atoms with Gasteiger partial charge in [-0.3, -0.25) is 4.99 Å². The van der Waals surface area contributed by atoms with Crippen LogP contribution >= 0.6 is 15.9 Å². The van der Waals surface area contributed by atoms with Gasteiger partial charge in [-0.2, -0.15) is 0 Å². The lowest BCUT2D eigenvalue weighted by molar-refractivity contribution is 1.39. The van der Waals surface area contributed by atoms with Crippen LogP contribution in [0.2, 0.25) is 0 Å². The maximum atomic E-state index is 5.07. The van der Waals surface area contributed by atoms with Crippen molar-refractivity contribution in [3.8, 4) is 12.3 Å².